The smallest absolute Gasteiger partial charge is 0.273 e. The maximum atomic E-state index is 13.8. The highest BCUT2D eigenvalue weighted by Gasteiger charge is 2.48. The molecule has 0 unspecified atom stereocenters. The van der Waals surface area contributed by atoms with Crippen LogP contribution in [-0.4, -0.2) is 59.4 Å². The summed E-state index contributed by atoms with van der Waals surface area (Å²) in [7, 11) is 3.22. The highest BCUT2D eigenvalue weighted by atomic mass is 16.5. The van der Waals surface area contributed by atoms with Gasteiger partial charge in [-0.25, -0.2) is 0 Å². The molecule has 3 aromatic rings. The molecule has 0 saturated heterocycles. The normalized spacial score (nSPS) is 17.4. The number of rotatable bonds is 9. The van der Waals surface area contributed by atoms with Crippen LogP contribution in [-0.2, 0) is 22.6 Å². The maximum absolute atomic E-state index is 13.8. The topological polar surface area (TPSA) is 85.7 Å². The molecule has 0 spiro atoms. The molecule has 2 aromatic carbocycles. The van der Waals surface area contributed by atoms with Crippen LogP contribution in [0.4, 0.5) is 0 Å². The lowest BCUT2D eigenvalue weighted by molar-refractivity contribution is -0.133. The Morgan fingerprint density at radius 2 is 1.85 bits per heavy atom. The molecule has 8 nitrogen and oxygen atoms in total. The van der Waals surface area contributed by atoms with Gasteiger partial charge in [-0.15, -0.1) is 0 Å². The lowest BCUT2D eigenvalue weighted by Gasteiger charge is -2.43. The molecule has 1 N–H and O–H groups in total. The van der Waals surface area contributed by atoms with Gasteiger partial charge in [0.1, 0.15) is 17.0 Å². The largest absolute Gasteiger partial charge is 0.496 e. The fraction of sp³-hybridized carbons (Fsp3) is 0.346. The number of aromatic nitrogens is 2. The Balaban J connectivity index is 1.71. The fourth-order valence-electron chi connectivity index (χ4n) is 4.25. The second-order valence-electron chi connectivity index (χ2n) is 8.52. The molecular weight excluding hydrogens is 432 g/mol. The van der Waals surface area contributed by atoms with Crippen LogP contribution in [0.1, 0.15) is 29.4 Å². The molecule has 2 amide bonds. The van der Waals surface area contributed by atoms with Gasteiger partial charge in [-0.2, -0.15) is 5.10 Å². The lowest BCUT2D eigenvalue weighted by atomic mass is 9.94. The van der Waals surface area contributed by atoms with Gasteiger partial charge >= 0.3 is 0 Å². The van der Waals surface area contributed by atoms with Gasteiger partial charge in [0.05, 0.1) is 25.9 Å². The number of nitrogens with one attached hydrogen (secondary N) is 1. The number of carbonyl (C=O) groups is 2. The minimum atomic E-state index is -1.14. The van der Waals surface area contributed by atoms with Crippen molar-refractivity contribution in [3.05, 3.63) is 71.9 Å². The van der Waals surface area contributed by atoms with Gasteiger partial charge < -0.3 is 19.7 Å². The van der Waals surface area contributed by atoms with Crippen LogP contribution in [0, 0.1) is 0 Å². The van der Waals surface area contributed by atoms with E-state index in [9.17, 15) is 9.59 Å². The molecule has 34 heavy (non-hydrogen) atoms. The zero-order chi connectivity index (χ0) is 24.1. The maximum Gasteiger partial charge on any atom is 0.273 e. The molecule has 0 aliphatic carbocycles. The summed E-state index contributed by atoms with van der Waals surface area (Å²) in [5.41, 5.74) is 1.76. The monoisotopic (exact) mass is 462 g/mol. The number of benzene rings is 2. The van der Waals surface area contributed by atoms with Gasteiger partial charge in [0.15, 0.2) is 0 Å². The molecule has 0 bridgehead atoms. The SMILES string of the molecule is COCCCNC(=O)[C@]1(C)Cn2nc(-c3ccccc3)cc2C(=O)N1Cc1ccccc1OC. The highest BCUT2D eigenvalue weighted by Crippen LogP contribution is 2.33. The first-order valence-corrected chi connectivity index (χ1v) is 11.3. The first kappa shape index (κ1) is 23.5. The predicted octanol–water partition coefficient (Wildman–Crippen LogP) is 3.13. The summed E-state index contributed by atoms with van der Waals surface area (Å²) in [5, 5.41) is 7.66. The quantitative estimate of drug-likeness (QED) is 0.494. The van der Waals surface area contributed by atoms with Crippen LogP contribution < -0.4 is 10.1 Å². The predicted molar refractivity (Wildman–Crippen MR) is 128 cm³/mol. The van der Waals surface area contributed by atoms with E-state index in [0.717, 1.165) is 11.1 Å². The van der Waals surface area contributed by atoms with Crippen LogP contribution in [0.5, 0.6) is 5.75 Å². The lowest BCUT2D eigenvalue weighted by Crippen LogP contribution is -2.63. The van der Waals surface area contributed by atoms with Gasteiger partial charge in [0, 0.05) is 31.4 Å². The Labute approximate surface area is 199 Å². The first-order valence-electron chi connectivity index (χ1n) is 11.3. The number of hydrogen-bond acceptors (Lipinski definition) is 5. The Morgan fingerprint density at radius 3 is 2.59 bits per heavy atom. The second kappa shape index (κ2) is 10.1. The van der Waals surface area contributed by atoms with E-state index in [1.807, 2.05) is 54.6 Å². The average Bonchev–Trinajstić information content (AvgIpc) is 3.29. The molecule has 1 aliphatic rings. The molecule has 0 fully saturated rings. The van der Waals surface area contributed by atoms with Crippen molar-refractivity contribution in [2.75, 3.05) is 27.4 Å². The third-order valence-corrected chi connectivity index (χ3v) is 6.19. The highest BCUT2D eigenvalue weighted by molar-refractivity contribution is 6.00. The zero-order valence-electron chi connectivity index (χ0n) is 19.8. The van der Waals surface area contributed by atoms with Crippen molar-refractivity contribution in [1.82, 2.24) is 20.0 Å². The minimum absolute atomic E-state index is 0.228. The first-order chi connectivity index (χ1) is 16.5. The molecule has 4 rings (SSSR count). The van der Waals surface area contributed by atoms with Crippen molar-refractivity contribution in [2.24, 2.45) is 0 Å². The van der Waals surface area contributed by atoms with E-state index >= 15 is 0 Å². The van der Waals surface area contributed by atoms with E-state index in [1.165, 1.54) is 0 Å². The number of fused-ring (bicyclic) bond motifs is 1. The molecule has 178 valence electrons. The van der Waals surface area contributed by atoms with E-state index < -0.39 is 5.54 Å². The fourth-order valence-corrected chi connectivity index (χ4v) is 4.25. The van der Waals surface area contributed by atoms with Gasteiger partial charge in [-0.05, 0) is 25.5 Å². The number of amides is 2. The summed E-state index contributed by atoms with van der Waals surface area (Å²) in [6.07, 6.45) is 0.684. The molecule has 1 aromatic heterocycles. The Bertz CT molecular complexity index is 1160. The van der Waals surface area contributed by atoms with Crippen molar-refractivity contribution in [2.45, 2.75) is 32.0 Å². The van der Waals surface area contributed by atoms with Crippen molar-refractivity contribution in [3.8, 4) is 17.0 Å². The van der Waals surface area contributed by atoms with Crippen LogP contribution in [0.25, 0.3) is 11.3 Å². The van der Waals surface area contributed by atoms with Crippen molar-refractivity contribution in [1.29, 1.82) is 0 Å². The van der Waals surface area contributed by atoms with E-state index in [2.05, 4.69) is 10.4 Å². The van der Waals surface area contributed by atoms with Crippen molar-refractivity contribution >= 4 is 11.8 Å². The average molecular weight is 463 g/mol. The standard InChI is InChI=1S/C26H30N4O4/c1-26(25(32)27-14-9-15-33-2)18-30-22(16-21(28-30)19-10-5-4-6-11-19)24(31)29(26)17-20-12-7-8-13-23(20)34-3/h4-8,10-13,16H,9,14-15,17-18H2,1-3H3,(H,27,32)/t26-/m0/s1. The molecular formula is C26H30N4O4. The molecule has 2 heterocycles. The number of methoxy groups -OCH3 is 2. The van der Waals surface area contributed by atoms with E-state index in [0.29, 0.717) is 36.7 Å². The summed E-state index contributed by atoms with van der Waals surface area (Å²) in [6.45, 7) is 3.27. The number of para-hydroxylation sites is 1. The summed E-state index contributed by atoms with van der Waals surface area (Å²) in [4.78, 5) is 28.9. The van der Waals surface area contributed by atoms with Gasteiger partial charge in [-0.3, -0.25) is 14.3 Å². The number of ether oxygens (including phenoxy) is 2. The zero-order valence-corrected chi connectivity index (χ0v) is 19.8. The second-order valence-corrected chi connectivity index (χ2v) is 8.52. The van der Waals surface area contributed by atoms with Crippen LogP contribution in [0.2, 0.25) is 0 Å². The third-order valence-electron chi connectivity index (χ3n) is 6.19. The van der Waals surface area contributed by atoms with Gasteiger partial charge in [0.2, 0.25) is 5.91 Å². The third kappa shape index (κ3) is 4.54. The minimum Gasteiger partial charge on any atom is -0.496 e. The van der Waals surface area contributed by atoms with Crippen molar-refractivity contribution in [3.63, 3.8) is 0 Å². The van der Waals surface area contributed by atoms with E-state index in [4.69, 9.17) is 9.47 Å². The summed E-state index contributed by atoms with van der Waals surface area (Å²) < 4.78 is 12.2. The Hall–Kier alpha value is -3.65. The Morgan fingerprint density at radius 1 is 1.12 bits per heavy atom. The molecule has 1 atom stereocenters. The van der Waals surface area contributed by atoms with Crippen molar-refractivity contribution < 1.29 is 19.1 Å². The Kier molecular flexibility index (Phi) is 6.98. The summed E-state index contributed by atoms with van der Waals surface area (Å²) >= 11 is 0. The number of carbonyl (C=O) groups excluding carboxylic acids is 2. The van der Waals surface area contributed by atoms with E-state index in [-0.39, 0.29) is 24.9 Å². The number of nitrogens with zero attached hydrogens (tertiary/aromatic N) is 3. The molecule has 1 aliphatic heterocycles. The summed E-state index contributed by atoms with van der Waals surface area (Å²) in [6, 6.07) is 19.0. The molecule has 0 radical (unpaired) electrons. The van der Waals surface area contributed by atoms with Gasteiger partial charge in [0.25, 0.3) is 5.91 Å². The number of hydrogen-bond donors (Lipinski definition) is 1. The summed E-state index contributed by atoms with van der Waals surface area (Å²) in [5.74, 6) is 0.192. The van der Waals surface area contributed by atoms with Crippen LogP contribution in [0.3, 0.4) is 0 Å². The molecule has 0 saturated carbocycles. The molecule has 8 heteroatoms. The van der Waals surface area contributed by atoms with Crippen LogP contribution >= 0.6 is 0 Å². The van der Waals surface area contributed by atoms with Gasteiger partial charge in [-0.1, -0.05) is 48.5 Å². The van der Waals surface area contributed by atoms with E-state index in [1.54, 1.807) is 36.8 Å². The van der Waals surface area contributed by atoms with Crippen LogP contribution in [0.15, 0.2) is 60.7 Å².